The van der Waals surface area contributed by atoms with Crippen LogP contribution in [0.15, 0.2) is 30.3 Å². The number of nitrogens with one attached hydrogen (secondary N) is 1. The fourth-order valence-corrected chi connectivity index (χ4v) is 3.09. The van der Waals surface area contributed by atoms with Gasteiger partial charge in [-0.1, -0.05) is 18.2 Å². The van der Waals surface area contributed by atoms with E-state index in [1.54, 1.807) is 45.0 Å². The van der Waals surface area contributed by atoms with E-state index in [-0.39, 0.29) is 30.8 Å². The zero-order chi connectivity index (χ0) is 22.3. The highest BCUT2D eigenvalue weighted by Crippen LogP contribution is 2.21. The summed E-state index contributed by atoms with van der Waals surface area (Å²) in [6, 6.07) is 10.9. The number of hydrogen-bond donors (Lipinski definition) is 1. The lowest BCUT2D eigenvalue weighted by Gasteiger charge is -2.25. The van der Waals surface area contributed by atoms with Gasteiger partial charge < -0.3 is 19.4 Å². The number of esters is 2. The standard InChI is InChI=1S/C22H25N3O5/c1-5-29-21(27)18-14(2)19(24-15(18)3)22(28)30-16(4)20(26)25(13-9-12-23)17-10-7-6-8-11-17/h6-8,10-11,16,24H,5,9,13H2,1-4H3. The molecule has 1 unspecified atom stereocenters. The minimum Gasteiger partial charge on any atom is -0.462 e. The zero-order valence-electron chi connectivity index (χ0n) is 17.5. The summed E-state index contributed by atoms with van der Waals surface area (Å²) in [6.45, 7) is 6.83. The van der Waals surface area contributed by atoms with Crippen LogP contribution in [0.3, 0.4) is 0 Å². The van der Waals surface area contributed by atoms with E-state index in [0.717, 1.165) is 0 Å². The monoisotopic (exact) mass is 411 g/mol. The number of aryl methyl sites for hydroxylation is 1. The van der Waals surface area contributed by atoms with Crippen LogP contribution in [-0.4, -0.2) is 42.1 Å². The molecule has 1 aromatic carbocycles. The number of hydrogen-bond acceptors (Lipinski definition) is 6. The summed E-state index contributed by atoms with van der Waals surface area (Å²) in [5.41, 5.74) is 1.87. The fourth-order valence-electron chi connectivity index (χ4n) is 3.09. The summed E-state index contributed by atoms with van der Waals surface area (Å²) in [5, 5.41) is 8.90. The molecule has 0 fully saturated rings. The molecule has 158 valence electrons. The van der Waals surface area contributed by atoms with Gasteiger partial charge in [0.1, 0.15) is 5.69 Å². The number of aromatic nitrogens is 1. The number of nitrogens with zero attached hydrogens (tertiary/aromatic N) is 2. The van der Waals surface area contributed by atoms with Crippen LogP contribution in [0.5, 0.6) is 0 Å². The van der Waals surface area contributed by atoms with Crippen molar-refractivity contribution >= 4 is 23.5 Å². The Bertz CT molecular complexity index is 959. The molecule has 1 atom stereocenters. The number of anilines is 1. The molecule has 2 aromatic rings. The number of benzene rings is 1. The van der Waals surface area contributed by atoms with E-state index < -0.39 is 23.9 Å². The van der Waals surface area contributed by atoms with Gasteiger partial charge >= 0.3 is 11.9 Å². The largest absolute Gasteiger partial charge is 0.462 e. The number of nitriles is 1. The first kappa shape index (κ1) is 22.7. The van der Waals surface area contributed by atoms with Crippen LogP contribution in [0.1, 0.15) is 52.4 Å². The molecule has 8 heteroatoms. The molecule has 30 heavy (non-hydrogen) atoms. The van der Waals surface area contributed by atoms with Crippen LogP contribution in [0.25, 0.3) is 0 Å². The zero-order valence-corrected chi connectivity index (χ0v) is 17.5. The third-order valence-corrected chi connectivity index (χ3v) is 4.53. The second-order valence-corrected chi connectivity index (χ2v) is 6.63. The maximum atomic E-state index is 12.9. The molecule has 0 aliphatic heterocycles. The van der Waals surface area contributed by atoms with E-state index in [2.05, 4.69) is 4.98 Å². The van der Waals surface area contributed by atoms with Crippen molar-refractivity contribution in [3.63, 3.8) is 0 Å². The predicted molar refractivity (Wildman–Crippen MR) is 110 cm³/mol. The molecule has 0 aliphatic rings. The lowest BCUT2D eigenvalue weighted by atomic mass is 10.1. The lowest BCUT2D eigenvalue weighted by Crippen LogP contribution is -2.40. The van der Waals surface area contributed by atoms with Crippen LogP contribution in [0.4, 0.5) is 5.69 Å². The van der Waals surface area contributed by atoms with E-state index >= 15 is 0 Å². The van der Waals surface area contributed by atoms with Gasteiger partial charge in [-0.15, -0.1) is 0 Å². The number of carbonyl (C=O) groups excluding carboxylic acids is 3. The Morgan fingerprint density at radius 1 is 1.17 bits per heavy atom. The van der Waals surface area contributed by atoms with Crippen molar-refractivity contribution in [1.29, 1.82) is 5.26 Å². The minimum absolute atomic E-state index is 0.0958. The second kappa shape index (κ2) is 10.3. The number of aromatic amines is 1. The van der Waals surface area contributed by atoms with E-state index in [1.807, 2.05) is 12.1 Å². The summed E-state index contributed by atoms with van der Waals surface area (Å²) in [7, 11) is 0. The highest BCUT2D eigenvalue weighted by Gasteiger charge is 2.29. The van der Waals surface area contributed by atoms with Crippen molar-refractivity contribution in [3.8, 4) is 6.07 Å². The average molecular weight is 411 g/mol. The molecule has 0 saturated carbocycles. The first-order chi connectivity index (χ1) is 14.3. The Hall–Kier alpha value is -3.60. The van der Waals surface area contributed by atoms with Crippen LogP contribution < -0.4 is 4.90 Å². The van der Waals surface area contributed by atoms with Crippen LogP contribution in [0, 0.1) is 25.2 Å². The highest BCUT2D eigenvalue weighted by molar-refractivity contribution is 6.01. The number of carbonyl (C=O) groups is 3. The molecule has 1 aromatic heterocycles. The molecular formula is C22H25N3O5. The van der Waals surface area contributed by atoms with Gasteiger partial charge in [-0.3, -0.25) is 4.79 Å². The maximum Gasteiger partial charge on any atom is 0.355 e. The van der Waals surface area contributed by atoms with Gasteiger partial charge in [-0.05, 0) is 45.4 Å². The van der Waals surface area contributed by atoms with Crippen molar-refractivity contribution in [1.82, 2.24) is 4.98 Å². The Balaban J connectivity index is 2.20. The van der Waals surface area contributed by atoms with Crippen LogP contribution >= 0.6 is 0 Å². The normalized spacial score (nSPS) is 11.3. The molecular weight excluding hydrogens is 386 g/mol. The summed E-state index contributed by atoms with van der Waals surface area (Å²) < 4.78 is 10.4. The Morgan fingerprint density at radius 3 is 2.43 bits per heavy atom. The Labute approximate surface area is 175 Å². The quantitative estimate of drug-likeness (QED) is 0.667. The molecule has 0 saturated heterocycles. The fraction of sp³-hybridized carbons (Fsp3) is 0.364. The maximum absolute atomic E-state index is 12.9. The van der Waals surface area contributed by atoms with Crippen molar-refractivity contribution in [2.24, 2.45) is 0 Å². The number of para-hydroxylation sites is 1. The molecule has 1 amide bonds. The molecule has 0 radical (unpaired) electrons. The Kier molecular flexibility index (Phi) is 7.76. The van der Waals surface area contributed by atoms with Crippen molar-refractivity contribution in [3.05, 3.63) is 52.8 Å². The third-order valence-electron chi connectivity index (χ3n) is 4.53. The van der Waals surface area contributed by atoms with Crippen LogP contribution in [-0.2, 0) is 14.3 Å². The summed E-state index contributed by atoms with van der Waals surface area (Å²) >= 11 is 0. The van der Waals surface area contributed by atoms with E-state index in [4.69, 9.17) is 14.7 Å². The SMILES string of the molecule is CCOC(=O)c1c(C)[nH]c(C(=O)OC(C)C(=O)N(CCC#N)c2ccccc2)c1C. The molecule has 0 spiro atoms. The molecule has 1 N–H and O–H groups in total. The second-order valence-electron chi connectivity index (χ2n) is 6.63. The van der Waals surface area contributed by atoms with E-state index in [9.17, 15) is 14.4 Å². The smallest absolute Gasteiger partial charge is 0.355 e. The molecule has 0 aliphatic carbocycles. The van der Waals surface area contributed by atoms with Gasteiger partial charge in [0.2, 0.25) is 0 Å². The molecule has 2 rings (SSSR count). The first-order valence-corrected chi connectivity index (χ1v) is 9.62. The summed E-state index contributed by atoms with van der Waals surface area (Å²) in [4.78, 5) is 42.0. The average Bonchev–Trinajstić information content (AvgIpc) is 3.03. The first-order valence-electron chi connectivity index (χ1n) is 9.62. The lowest BCUT2D eigenvalue weighted by molar-refractivity contribution is -0.126. The van der Waals surface area contributed by atoms with Gasteiger partial charge in [0.05, 0.1) is 24.7 Å². The van der Waals surface area contributed by atoms with Crippen molar-refractivity contribution in [2.75, 3.05) is 18.1 Å². The van der Waals surface area contributed by atoms with Crippen LogP contribution in [0.2, 0.25) is 0 Å². The number of H-pyrrole nitrogens is 1. The summed E-state index contributed by atoms with van der Waals surface area (Å²) in [5.74, 6) is -1.73. The van der Waals surface area contributed by atoms with Gasteiger partial charge in [-0.2, -0.15) is 5.26 Å². The third kappa shape index (κ3) is 5.06. The predicted octanol–water partition coefficient (Wildman–Crippen LogP) is 3.30. The van der Waals surface area contributed by atoms with Crippen molar-refractivity contribution in [2.45, 2.75) is 40.2 Å². The van der Waals surface area contributed by atoms with E-state index in [0.29, 0.717) is 16.9 Å². The van der Waals surface area contributed by atoms with Gasteiger partial charge in [0.15, 0.2) is 6.10 Å². The summed E-state index contributed by atoms with van der Waals surface area (Å²) in [6.07, 6.45) is -0.954. The number of amides is 1. The minimum atomic E-state index is -1.09. The number of ether oxygens (including phenoxy) is 2. The number of rotatable bonds is 8. The van der Waals surface area contributed by atoms with E-state index in [1.165, 1.54) is 11.8 Å². The van der Waals surface area contributed by atoms with Gasteiger partial charge in [0.25, 0.3) is 5.91 Å². The molecule has 1 heterocycles. The molecule has 0 bridgehead atoms. The Morgan fingerprint density at radius 2 is 1.83 bits per heavy atom. The van der Waals surface area contributed by atoms with Crippen molar-refractivity contribution < 1.29 is 23.9 Å². The van der Waals surface area contributed by atoms with Gasteiger partial charge in [-0.25, -0.2) is 9.59 Å². The highest BCUT2D eigenvalue weighted by atomic mass is 16.5. The topological polar surface area (TPSA) is 112 Å². The van der Waals surface area contributed by atoms with Gasteiger partial charge in [0, 0.05) is 17.9 Å². The molecule has 8 nitrogen and oxygen atoms in total.